The van der Waals surface area contributed by atoms with Crippen molar-refractivity contribution >= 4 is 11.3 Å². The Morgan fingerprint density at radius 1 is 1.15 bits per heavy atom. The fourth-order valence-corrected chi connectivity index (χ4v) is 2.75. The topological polar surface area (TPSA) is 37.8 Å². The van der Waals surface area contributed by atoms with E-state index in [1.807, 2.05) is 0 Å². The van der Waals surface area contributed by atoms with E-state index in [0.29, 0.717) is 5.01 Å². The summed E-state index contributed by atoms with van der Waals surface area (Å²) in [5.41, 5.74) is 0.0582. The maximum atomic E-state index is 13.5. The van der Waals surface area contributed by atoms with Gasteiger partial charge in [0.1, 0.15) is 21.6 Å². The summed E-state index contributed by atoms with van der Waals surface area (Å²) in [4.78, 5) is 0. The molecule has 0 aliphatic rings. The second kappa shape index (κ2) is 7.40. The van der Waals surface area contributed by atoms with Crippen LogP contribution in [-0.4, -0.2) is 23.3 Å². The van der Waals surface area contributed by atoms with Gasteiger partial charge in [0.2, 0.25) is 0 Å². The molecule has 6 heteroatoms. The van der Waals surface area contributed by atoms with Crippen LogP contribution in [-0.2, 0) is 12.8 Å². The monoisotopic (exact) mass is 297 g/mol. The van der Waals surface area contributed by atoms with Crippen LogP contribution in [0.3, 0.4) is 0 Å². The van der Waals surface area contributed by atoms with Gasteiger partial charge in [-0.1, -0.05) is 13.0 Å². The van der Waals surface area contributed by atoms with Crippen LogP contribution in [0.4, 0.5) is 8.78 Å². The maximum Gasteiger partial charge on any atom is 0.129 e. The van der Waals surface area contributed by atoms with Gasteiger partial charge in [-0.3, -0.25) is 0 Å². The summed E-state index contributed by atoms with van der Waals surface area (Å²) < 4.78 is 27.1. The van der Waals surface area contributed by atoms with Crippen LogP contribution in [0.25, 0.3) is 0 Å². The van der Waals surface area contributed by atoms with Crippen LogP contribution in [0, 0.1) is 11.6 Å². The summed E-state index contributed by atoms with van der Waals surface area (Å²) in [6.45, 7) is 3.95. The van der Waals surface area contributed by atoms with Crippen LogP contribution in [0.1, 0.15) is 28.9 Å². The molecule has 20 heavy (non-hydrogen) atoms. The molecule has 1 aromatic heterocycles. The number of benzene rings is 1. The van der Waals surface area contributed by atoms with E-state index in [4.69, 9.17) is 0 Å². The lowest BCUT2D eigenvalue weighted by Crippen LogP contribution is -2.14. The fourth-order valence-electron chi connectivity index (χ4n) is 1.85. The SMILES string of the molecule is CCNCCCc1nnc(Cc2c(F)cccc2F)s1. The normalized spacial score (nSPS) is 10.9. The smallest absolute Gasteiger partial charge is 0.129 e. The van der Waals surface area contributed by atoms with Crippen molar-refractivity contribution in [3.8, 4) is 0 Å². The lowest BCUT2D eigenvalue weighted by atomic mass is 10.1. The van der Waals surface area contributed by atoms with Crippen molar-refractivity contribution in [1.82, 2.24) is 15.5 Å². The molecule has 1 aromatic carbocycles. The number of hydrogen-bond donors (Lipinski definition) is 1. The zero-order chi connectivity index (χ0) is 14.4. The van der Waals surface area contributed by atoms with Crippen LogP contribution in [0.2, 0.25) is 0 Å². The summed E-state index contributed by atoms with van der Waals surface area (Å²) >= 11 is 1.42. The fraction of sp³-hybridized carbons (Fsp3) is 0.429. The van der Waals surface area contributed by atoms with Gasteiger partial charge in [0.05, 0.1) is 0 Å². The van der Waals surface area contributed by atoms with Gasteiger partial charge in [0, 0.05) is 18.4 Å². The Balaban J connectivity index is 1.96. The molecule has 0 saturated heterocycles. The highest BCUT2D eigenvalue weighted by molar-refractivity contribution is 7.11. The van der Waals surface area contributed by atoms with E-state index < -0.39 is 11.6 Å². The van der Waals surface area contributed by atoms with E-state index >= 15 is 0 Å². The summed E-state index contributed by atoms with van der Waals surface area (Å²) in [6, 6.07) is 3.88. The molecule has 0 bridgehead atoms. The Kier molecular flexibility index (Phi) is 5.55. The Hall–Kier alpha value is -1.40. The molecule has 0 aliphatic heterocycles. The van der Waals surface area contributed by atoms with Crippen molar-refractivity contribution in [2.45, 2.75) is 26.2 Å². The molecule has 3 nitrogen and oxygen atoms in total. The maximum absolute atomic E-state index is 13.5. The van der Waals surface area contributed by atoms with Gasteiger partial charge < -0.3 is 5.32 Å². The first kappa shape index (κ1) is 15.0. The number of halogens is 2. The molecule has 1 heterocycles. The van der Waals surface area contributed by atoms with Crippen molar-refractivity contribution in [3.63, 3.8) is 0 Å². The first-order chi connectivity index (χ1) is 9.70. The van der Waals surface area contributed by atoms with E-state index in [9.17, 15) is 8.78 Å². The van der Waals surface area contributed by atoms with Gasteiger partial charge >= 0.3 is 0 Å². The van der Waals surface area contributed by atoms with Gasteiger partial charge in [-0.25, -0.2) is 8.78 Å². The molecule has 0 radical (unpaired) electrons. The predicted octanol–water partition coefficient (Wildman–Crippen LogP) is 2.95. The first-order valence-electron chi connectivity index (χ1n) is 6.65. The van der Waals surface area contributed by atoms with E-state index in [2.05, 4.69) is 22.4 Å². The van der Waals surface area contributed by atoms with Crippen LogP contribution in [0.5, 0.6) is 0 Å². The predicted molar refractivity (Wildman–Crippen MR) is 75.9 cm³/mol. The van der Waals surface area contributed by atoms with Crippen LogP contribution < -0.4 is 5.32 Å². The summed E-state index contributed by atoms with van der Waals surface area (Å²) in [6.07, 6.45) is 1.98. The molecule has 2 aromatic rings. The van der Waals surface area contributed by atoms with E-state index in [1.165, 1.54) is 29.5 Å². The molecule has 1 N–H and O–H groups in total. The van der Waals surface area contributed by atoms with E-state index in [1.54, 1.807) is 0 Å². The molecule has 2 rings (SSSR count). The van der Waals surface area contributed by atoms with Crippen LogP contribution >= 0.6 is 11.3 Å². The Morgan fingerprint density at radius 3 is 2.55 bits per heavy atom. The Labute approximate surface area is 121 Å². The molecule has 0 fully saturated rings. The van der Waals surface area contributed by atoms with E-state index in [0.717, 1.165) is 30.9 Å². The van der Waals surface area contributed by atoms with Gasteiger partial charge in [0.15, 0.2) is 0 Å². The molecular weight excluding hydrogens is 280 g/mol. The number of hydrogen-bond acceptors (Lipinski definition) is 4. The second-order valence-electron chi connectivity index (χ2n) is 4.42. The summed E-state index contributed by atoms with van der Waals surface area (Å²) in [7, 11) is 0. The molecule has 108 valence electrons. The van der Waals surface area contributed by atoms with E-state index in [-0.39, 0.29) is 12.0 Å². The number of aromatic nitrogens is 2. The highest BCUT2D eigenvalue weighted by atomic mass is 32.1. The summed E-state index contributed by atoms with van der Waals surface area (Å²) in [5, 5.41) is 12.9. The third kappa shape index (κ3) is 4.05. The average Bonchev–Trinajstić information content (AvgIpc) is 2.87. The number of rotatable bonds is 7. The quantitative estimate of drug-likeness (QED) is 0.799. The highest BCUT2D eigenvalue weighted by Gasteiger charge is 2.12. The van der Waals surface area contributed by atoms with Crippen molar-refractivity contribution in [1.29, 1.82) is 0 Å². The van der Waals surface area contributed by atoms with Crippen molar-refractivity contribution < 1.29 is 8.78 Å². The minimum absolute atomic E-state index is 0.0582. The van der Waals surface area contributed by atoms with Crippen molar-refractivity contribution in [3.05, 3.63) is 45.4 Å². The zero-order valence-electron chi connectivity index (χ0n) is 11.3. The van der Waals surface area contributed by atoms with Gasteiger partial charge in [-0.05, 0) is 31.6 Å². The minimum atomic E-state index is -0.533. The van der Waals surface area contributed by atoms with Crippen molar-refractivity contribution in [2.75, 3.05) is 13.1 Å². The van der Waals surface area contributed by atoms with Gasteiger partial charge in [-0.2, -0.15) is 0 Å². The Morgan fingerprint density at radius 2 is 1.85 bits per heavy atom. The third-order valence-corrected chi connectivity index (χ3v) is 3.88. The Bertz CT molecular complexity index is 537. The summed E-state index contributed by atoms with van der Waals surface area (Å²) in [5.74, 6) is -1.07. The van der Waals surface area contributed by atoms with Gasteiger partial charge in [-0.15, -0.1) is 21.5 Å². The zero-order valence-corrected chi connectivity index (χ0v) is 12.1. The standard InChI is InChI=1S/C14H17F2N3S/c1-2-17-8-4-7-13-18-19-14(20-13)9-10-11(15)5-3-6-12(10)16/h3,5-6,17H,2,4,7-9H2,1H3. The highest BCUT2D eigenvalue weighted by Crippen LogP contribution is 2.19. The first-order valence-corrected chi connectivity index (χ1v) is 7.47. The third-order valence-electron chi connectivity index (χ3n) is 2.89. The number of nitrogens with one attached hydrogen (secondary N) is 1. The molecule has 0 atom stereocenters. The molecular formula is C14H17F2N3S. The molecule has 0 amide bonds. The average molecular weight is 297 g/mol. The molecule has 0 spiro atoms. The van der Waals surface area contributed by atoms with Crippen molar-refractivity contribution in [2.24, 2.45) is 0 Å². The largest absolute Gasteiger partial charge is 0.317 e. The minimum Gasteiger partial charge on any atom is -0.317 e. The second-order valence-corrected chi connectivity index (χ2v) is 5.57. The molecule has 0 aliphatic carbocycles. The number of aryl methyl sites for hydroxylation is 1. The number of nitrogens with zero attached hydrogens (tertiary/aromatic N) is 2. The lowest BCUT2D eigenvalue weighted by Gasteiger charge is -2.01. The molecule has 0 saturated carbocycles. The van der Waals surface area contributed by atoms with Crippen LogP contribution in [0.15, 0.2) is 18.2 Å². The molecule has 0 unspecified atom stereocenters. The lowest BCUT2D eigenvalue weighted by molar-refractivity contribution is 0.561. The van der Waals surface area contributed by atoms with Gasteiger partial charge in [0.25, 0.3) is 0 Å².